The van der Waals surface area contributed by atoms with Gasteiger partial charge in [-0.1, -0.05) is 13.8 Å². The van der Waals surface area contributed by atoms with Gasteiger partial charge in [0.15, 0.2) is 0 Å². The van der Waals surface area contributed by atoms with Gasteiger partial charge in [-0.15, -0.1) is 0 Å². The van der Waals surface area contributed by atoms with Crippen LogP contribution in [0, 0.1) is 11.3 Å². The molecule has 190 valence electrons. The van der Waals surface area contributed by atoms with Gasteiger partial charge in [0.25, 0.3) is 0 Å². The molecule has 1 spiro atoms. The Morgan fingerprint density at radius 3 is 2.24 bits per heavy atom. The SMILES string of the molecule is CC(C)[C@@H](N)C(=O)N1CCC2(CC1)CO[C@@]1(C)CC[C@H]3OC(C)(C)[C@H](O)CC[C@]3(C)O[C@@H]1C2. The molecule has 4 fully saturated rings. The van der Waals surface area contributed by atoms with Crippen LogP contribution in [-0.4, -0.2) is 76.8 Å². The molecule has 33 heavy (non-hydrogen) atoms. The number of ether oxygens (including phenoxy) is 3. The molecule has 7 nitrogen and oxygen atoms in total. The number of nitrogens with zero attached hydrogens (tertiary/aromatic N) is 1. The Kier molecular flexibility index (Phi) is 6.71. The summed E-state index contributed by atoms with van der Waals surface area (Å²) in [7, 11) is 0. The molecule has 0 bridgehead atoms. The molecule has 7 heteroatoms. The molecule has 4 saturated heterocycles. The zero-order valence-corrected chi connectivity index (χ0v) is 21.6. The summed E-state index contributed by atoms with van der Waals surface area (Å²) in [5.74, 6) is 0.213. The van der Waals surface area contributed by atoms with Crippen LogP contribution in [0.1, 0.15) is 86.5 Å². The number of aliphatic hydroxyl groups excluding tert-OH is 1. The quantitative estimate of drug-likeness (QED) is 0.650. The maximum absolute atomic E-state index is 12.8. The molecule has 1 amide bonds. The number of piperidine rings is 1. The first-order valence-electron chi connectivity index (χ1n) is 13.0. The van der Waals surface area contributed by atoms with Gasteiger partial charge in [-0.25, -0.2) is 0 Å². The number of carbonyl (C=O) groups is 1. The van der Waals surface area contributed by atoms with Crippen LogP contribution < -0.4 is 5.73 Å². The second-order valence-electron chi connectivity index (χ2n) is 12.6. The number of aliphatic hydroxyl groups is 1. The van der Waals surface area contributed by atoms with Crippen molar-refractivity contribution in [3.05, 3.63) is 0 Å². The Hall–Kier alpha value is -0.730. The summed E-state index contributed by atoms with van der Waals surface area (Å²) in [6.07, 6.45) is 5.38. The summed E-state index contributed by atoms with van der Waals surface area (Å²) in [4.78, 5) is 14.7. The monoisotopic (exact) mass is 466 g/mol. The molecule has 0 radical (unpaired) electrons. The summed E-state index contributed by atoms with van der Waals surface area (Å²) in [5.41, 5.74) is 4.81. The summed E-state index contributed by atoms with van der Waals surface area (Å²) < 4.78 is 20.0. The highest BCUT2D eigenvalue weighted by atomic mass is 16.6. The van der Waals surface area contributed by atoms with E-state index in [9.17, 15) is 9.90 Å². The third-order valence-electron chi connectivity index (χ3n) is 9.30. The van der Waals surface area contributed by atoms with Crippen molar-refractivity contribution in [3.8, 4) is 0 Å². The number of likely N-dealkylation sites (tertiary alicyclic amines) is 1. The number of rotatable bonds is 2. The highest BCUT2D eigenvalue weighted by Gasteiger charge is 2.56. The van der Waals surface area contributed by atoms with Gasteiger partial charge in [-0.05, 0) is 84.0 Å². The van der Waals surface area contributed by atoms with Gasteiger partial charge in [0.05, 0.1) is 47.8 Å². The summed E-state index contributed by atoms with van der Waals surface area (Å²) in [6.45, 7) is 14.5. The Morgan fingerprint density at radius 2 is 1.61 bits per heavy atom. The molecule has 3 N–H and O–H groups in total. The number of carbonyl (C=O) groups excluding carboxylic acids is 1. The molecule has 6 atom stereocenters. The molecular weight excluding hydrogens is 420 g/mol. The standard InChI is InChI=1S/C26H46N2O5/c1-17(2)21(27)22(30)28-13-11-26(12-14-28)15-20-24(5,31-16-26)10-8-19-25(6,33-20)9-7-18(29)23(3,4)32-19/h17-21,29H,7-16,27H2,1-6H3/t18-,19-,20-,21-,24+,25+/m1/s1. The second kappa shape index (κ2) is 8.74. The first kappa shape index (κ1) is 25.4. The van der Waals surface area contributed by atoms with Gasteiger partial charge in [-0.2, -0.15) is 0 Å². The van der Waals surface area contributed by atoms with E-state index in [4.69, 9.17) is 19.9 Å². The van der Waals surface area contributed by atoms with Gasteiger partial charge in [-0.3, -0.25) is 4.79 Å². The van der Waals surface area contributed by atoms with Crippen molar-refractivity contribution in [1.82, 2.24) is 4.90 Å². The minimum absolute atomic E-state index is 0.0247. The summed E-state index contributed by atoms with van der Waals surface area (Å²) in [6, 6.07) is -0.429. The van der Waals surface area contributed by atoms with Gasteiger partial charge < -0.3 is 30.0 Å². The zero-order chi connectivity index (χ0) is 24.2. The smallest absolute Gasteiger partial charge is 0.239 e. The van der Waals surface area contributed by atoms with E-state index in [0.717, 1.165) is 51.6 Å². The van der Waals surface area contributed by atoms with Crippen molar-refractivity contribution < 1.29 is 24.1 Å². The maximum Gasteiger partial charge on any atom is 0.239 e. The van der Waals surface area contributed by atoms with Crippen LogP contribution in [0.15, 0.2) is 0 Å². The molecule has 0 aromatic carbocycles. The molecule has 4 rings (SSSR count). The fourth-order valence-corrected chi connectivity index (χ4v) is 6.27. The van der Waals surface area contributed by atoms with Crippen LogP contribution in [0.2, 0.25) is 0 Å². The third kappa shape index (κ3) is 4.73. The fourth-order valence-electron chi connectivity index (χ4n) is 6.27. The minimum atomic E-state index is -0.583. The molecule has 4 aliphatic heterocycles. The Labute approximate surface area is 199 Å². The van der Waals surface area contributed by atoms with E-state index < -0.39 is 23.3 Å². The van der Waals surface area contributed by atoms with Gasteiger partial charge in [0.1, 0.15) is 0 Å². The topological polar surface area (TPSA) is 94.3 Å². The molecule has 4 aliphatic rings. The van der Waals surface area contributed by atoms with E-state index in [1.807, 2.05) is 32.6 Å². The lowest BCUT2D eigenvalue weighted by atomic mass is 9.69. The lowest BCUT2D eigenvalue weighted by molar-refractivity contribution is -0.250. The van der Waals surface area contributed by atoms with Crippen LogP contribution >= 0.6 is 0 Å². The molecule has 0 saturated carbocycles. The first-order valence-corrected chi connectivity index (χ1v) is 13.0. The van der Waals surface area contributed by atoms with E-state index in [1.54, 1.807) is 0 Å². The van der Waals surface area contributed by atoms with Crippen LogP contribution in [0.4, 0.5) is 0 Å². The molecule has 0 unspecified atom stereocenters. The minimum Gasteiger partial charge on any atom is -0.390 e. The molecule has 0 aliphatic carbocycles. The lowest BCUT2D eigenvalue weighted by Gasteiger charge is -2.53. The van der Waals surface area contributed by atoms with Crippen molar-refractivity contribution >= 4 is 5.91 Å². The Morgan fingerprint density at radius 1 is 0.970 bits per heavy atom. The lowest BCUT2D eigenvalue weighted by Crippen LogP contribution is -2.59. The van der Waals surface area contributed by atoms with E-state index in [0.29, 0.717) is 13.0 Å². The number of fused-ring (bicyclic) bond motifs is 2. The average Bonchev–Trinajstić information content (AvgIpc) is 2.91. The average molecular weight is 467 g/mol. The summed E-state index contributed by atoms with van der Waals surface area (Å²) >= 11 is 0. The van der Waals surface area contributed by atoms with E-state index in [1.165, 1.54) is 0 Å². The predicted molar refractivity (Wildman–Crippen MR) is 127 cm³/mol. The number of hydrogen-bond donors (Lipinski definition) is 2. The van der Waals surface area contributed by atoms with E-state index in [-0.39, 0.29) is 35.0 Å². The Bertz CT molecular complexity index is 734. The molecule has 0 aromatic rings. The van der Waals surface area contributed by atoms with Crippen LogP contribution in [0.3, 0.4) is 0 Å². The highest BCUT2D eigenvalue weighted by molar-refractivity contribution is 5.82. The number of amides is 1. The van der Waals surface area contributed by atoms with Gasteiger partial charge >= 0.3 is 0 Å². The van der Waals surface area contributed by atoms with E-state index >= 15 is 0 Å². The van der Waals surface area contributed by atoms with Crippen molar-refractivity contribution in [2.24, 2.45) is 17.1 Å². The molecule has 0 aromatic heterocycles. The second-order valence-corrected chi connectivity index (χ2v) is 12.6. The normalized spacial score (nSPS) is 41.6. The van der Waals surface area contributed by atoms with E-state index in [2.05, 4.69) is 13.8 Å². The Balaban J connectivity index is 1.47. The van der Waals surface area contributed by atoms with Crippen molar-refractivity contribution in [3.63, 3.8) is 0 Å². The summed E-state index contributed by atoms with van der Waals surface area (Å²) in [5, 5.41) is 10.6. The van der Waals surface area contributed by atoms with Gasteiger partial charge in [0.2, 0.25) is 5.91 Å². The van der Waals surface area contributed by atoms with Crippen molar-refractivity contribution in [1.29, 1.82) is 0 Å². The van der Waals surface area contributed by atoms with Crippen LogP contribution in [-0.2, 0) is 19.0 Å². The van der Waals surface area contributed by atoms with Crippen LogP contribution in [0.25, 0.3) is 0 Å². The van der Waals surface area contributed by atoms with Crippen molar-refractivity contribution in [2.45, 2.75) is 128 Å². The largest absolute Gasteiger partial charge is 0.390 e. The molecular formula is C26H46N2O5. The fraction of sp³-hybridized carbons (Fsp3) is 0.962. The predicted octanol–water partition coefficient (Wildman–Crippen LogP) is 3.01. The van der Waals surface area contributed by atoms with Gasteiger partial charge in [0, 0.05) is 13.1 Å². The highest BCUT2D eigenvalue weighted by Crippen LogP contribution is 2.51. The number of hydrogen-bond acceptors (Lipinski definition) is 6. The maximum atomic E-state index is 12.8. The molecule has 4 heterocycles. The zero-order valence-electron chi connectivity index (χ0n) is 21.6. The number of nitrogens with two attached hydrogens (primary N) is 1. The van der Waals surface area contributed by atoms with Crippen LogP contribution in [0.5, 0.6) is 0 Å². The third-order valence-corrected chi connectivity index (χ3v) is 9.30. The van der Waals surface area contributed by atoms with Crippen molar-refractivity contribution in [2.75, 3.05) is 19.7 Å². The first-order chi connectivity index (χ1) is 15.3.